The van der Waals surface area contributed by atoms with Gasteiger partial charge in [0.25, 0.3) is 11.8 Å². The van der Waals surface area contributed by atoms with Crippen molar-refractivity contribution in [2.75, 3.05) is 26.2 Å². The summed E-state index contributed by atoms with van der Waals surface area (Å²) in [4.78, 5) is 27.8. The lowest BCUT2D eigenvalue weighted by molar-refractivity contribution is 0.0529. The van der Waals surface area contributed by atoms with Gasteiger partial charge in [-0.3, -0.25) is 9.59 Å². The van der Waals surface area contributed by atoms with Gasteiger partial charge in [0.2, 0.25) is 0 Å². The van der Waals surface area contributed by atoms with Crippen molar-refractivity contribution in [1.29, 1.82) is 0 Å². The third-order valence-corrected chi connectivity index (χ3v) is 3.60. The van der Waals surface area contributed by atoms with Crippen molar-refractivity contribution >= 4 is 11.8 Å². The van der Waals surface area contributed by atoms with Crippen molar-refractivity contribution in [2.24, 2.45) is 0 Å². The average molecular weight is 301 g/mol. The molecule has 0 bridgehead atoms. The van der Waals surface area contributed by atoms with E-state index in [0.717, 1.165) is 0 Å². The monoisotopic (exact) mass is 301 g/mol. The number of aromatic hydroxyl groups is 1. The van der Waals surface area contributed by atoms with Crippen molar-refractivity contribution < 1.29 is 19.2 Å². The van der Waals surface area contributed by atoms with Crippen LogP contribution in [0.5, 0.6) is 5.75 Å². The number of rotatable bonds is 2. The van der Waals surface area contributed by atoms with Gasteiger partial charge in [-0.2, -0.15) is 0 Å². The van der Waals surface area contributed by atoms with Crippen molar-refractivity contribution in [3.05, 3.63) is 47.9 Å². The van der Waals surface area contributed by atoms with Gasteiger partial charge in [0, 0.05) is 37.8 Å². The molecule has 1 aromatic carbocycles. The van der Waals surface area contributed by atoms with Crippen LogP contribution in [0.25, 0.3) is 0 Å². The molecule has 7 nitrogen and oxygen atoms in total. The summed E-state index contributed by atoms with van der Waals surface area (Å²) in [6.07, 6.45) is 1.36. The molecule has 22 heavy (non-hydrogen) atoms. The highest BCUT2D eigenvalue weighted by molar-refractivity contribution is 5.95. The zero-order valence-corrected chi connectivity index (χ0v) is 11.8. The fourth-order valence-corrected chi connectivity index (χ4v) is 2.42. The van der Waals surface area contributed by atoms with Crippen LogP contribution in [-0.2, 0) is 0 Å². The van der Waals surface area contributed by atoms with Gasteiger partial charge < -0.3 is 19.4 Å². The van der Waals surface area contributed by atoms with Crippen molar-refractivity contribution in [3.8, 4) is 5.75 Å². The largest absolute Gasteiger partial charge is 0.508 e. The molecule has 0 unspecified atom stereocenters. The number of benzene rings is 1. The van der Waals surface area contributed by atoms with Gasteiger partial charge in [0.15, 0.2) is 5.69 Å². The van der Waals surface area contributed by atoms with Gasteiger partial charge in [0.05, 0.1) is 0 Å². The van der Waals surface area contributed by atoms with Gasteiger partial charge in [0.1, 0.15) is 12.0 Å². The molecule has 1 N–H and O–H groups in total. The number of piperazine rings is 1. The normalized spacial score (nSPS) is 14.9. The van der Waals surface area contributed by atoms with Crippen molar-refractivity contribution in [3.63, 3.8) is 0 Å². The minimum absolute atomic E-state index is 0.0608. The molecule has 3 rings (SSSR count). The van der Waals surface area contributed by atoms with E-state index in [9.17, 15) is 14.7 Å². The average Bonchev–Trinajstić information content (AvgIpc) is 3.08. The first-order valence-electron chi connectivity index (χ1n) is 6.93. The van der Waals surface area contributed by atoms with Crippen LogP contribution in [0.3, 0.4) is 0 Å². The number of aromatic nitrogens is 1. The van der Waals surface area contributed by atoms with E-state index in [-0.39, 0.29) is 23.3 Å². The fraction of sp³-hybridized carbons (Fsp3) is 0.267. The van der Waals surface area contributed by atoms with E-state index in [1.165, 1.54) is 24.5 Å². The van der Waals surface area contributed by atoms with Crippen LogP contribution in [-0.4, -0.2) is 58.1 Å². The molecule has 2 heterocycles. The topological polar surface area (TPSA) is 86.9 Å². The molecule has 0 saturated carbocycles. The van der Waals surface area contributed by atoms with Gasteiger partial charge >= 0.3 is 0 Å². The van der Waals surface area contributed by atoms with Crippen LogP contribution in [0, 0.1) is 0 Å². The molecule has 0 spiro atoms. The highest BCUT2D eigenvalue weighted by Crippen LogP contribution is 2.15. The summed E-state index contributed by atoms with van der Waals surface area (Å²) >= 11 is 0. The Morgan fingerprint density at radius 3 is 2.32 bits per heavy atom. The molecule has 1 aliphatic heterocycles. The molecule has 1 aromatic heterocycles. The summed E-state index contributed by atoms with van der Waals surface area (Å²) < 4.78 is 4.67. The summed E-state index contributed by atoms with van der Waals surface area (Å²) in [6.45, 7) is 1.77. The zero-order chi connectivity index (χ0) is 15.5. The van der Waals surface area contributed by atoms with Crippen LogP contribution in [0.2, 0.25) is 0 Å². The van der Waals surface area contributed by atoms with Crippen molar-refractivity contribution in [2.45, 2.75) is 0 Å². The fourth-order valence-electron chi connectivity index (χ4n) is 2.42. The highest BCUT2D eigenvalue weighted by atomic mass is 16.5. The number of nitrogens with zero attached hydrogens (tertiary/aromatic N) is 3. The van der Waals surface area contributed by atoms with Crippen LogP contribution >= 0.6 is 0 Å². The number of carbonyl (C=O) groups excluding carboxylic acids is 2. The number of amides is 2. The standard InChI is InChI=1S/C15H15N3O4/c19-12-3-1-2-11(10-12)14(20)17-5-7-18(8-6-17)15(21)13-4-9-22-16-13/h1-4,9-10,19H,5-8H2. The number of phenols is 1. The second-order valence-electron chi connectivity index (χ2n) is 5.02. The lowest BCUT2D eigenvalue weighted by atomic mass is 10.1. The van der Waals surface area contributed by atoms with E-state index in [1.54, 1.807) is 21.9 Å². The Hall–Kier alpha value is -2.83. The molecule has 7 heteroatoms. The van der Waals surface area contributed by atoms with E-state index in [1.807, 2.05) is 0 Å². The molecule has 2 aromatic rings. The number of phenolic OH excluding ortho intramolecular Hbond substituents is 1. The summed E-state index contributed by atoms with van der Waals surface area (Å²) in [6, 6.07) is 7.77. The van der Waals surface area contributed by atoms with Gasteiger partial charge in [-0.15, -0.1) is 0 Å². The molecule has 2 amide bonds. The molecular weight excluding hydrogens is 286 g/mol. The van der Waals surface area contributed by atoms with Crippen LogP contribution < -0.4 is 0 Å². The van der Waals surface area contributed by atoms with Gasteiger partial charge in [-0.1, -0.05) is 11.2 Å². The highest BCUT2D eigenvalue weighted by Gasteiger charge is 2.26. The Labute approximate surface area is 126 Å². The van der Waals surface area contributed by atoms with E-state index in [0.29, 0.717) is 31.7 Å². The molecule has 0 atom stereocenters. The predicted molar refractivity (Wildman–Crippen MR) is 76.4 cm³/mol. The number of carbonyl (C=O) groups is 2. The first-order chi connectivity index (χ1) is 10.6. The number of hydrogen-bond acceptors (Lipinski definition) is 5. The maximum atomic E-state index is 12.3. The summed E-state index contributed by atoms with van der Waals surface area (Å²) in [7, 11) is 0. The lowest BCUT2D eigenvalue weighted by Gasteiger charge is -2.34. The van der Waals surface area contributed by atoms with E-state index >= 15 is 0 Å². The lowest BCUT2D eigenvalue weighted by Crippen LogP contribution is -2.50. The number of hydrogen-bond donors (Lipinski definition) is 1. The molecular formula is C15H15N3O4. The third-order valence-electron chi connectivity index (χ3n) is 3.60. The van der Waals surface area contributed by atoms with Crippen LogP contribution in [0.15, 0.2) is 41.1 Å². The Balaban J connectivity index is 1.62. The predicted octanol–water partition coefficient (Wildman–Crippen LogP) is 0.978. The Bertz CT molecular complexity index is 676. The summed E-state index contributed by atoms with van der Waals surface area (Å²) in [5.74, 6) is -0.284. The maximum absolute atomic E-state index is 12.3. The minimum atomic E-state index is -0.196. The van der Waals surface area contributed by atoms with Crippen molar-refractivity contribution in [1.82, 2.24) is 15.0 Å². The third kappa shape index (κ3) is 2.78. The molecule has 114 valence electrons. The SMILES string of the molecule is O=C(c1cccc(O)c1)N1CCN(C(=O)c2ccon2)CC1. The Morgan fingerprint density at radius 2 is 1.73 bits per heavy atom. The molecule has 0 radical (unpaired) electrons. The Morgan fingerprint density at radius 1 is 1.05 bits per heavy atom. The van der Waals surface area contributed by atoms with E-state index in [2.05, 4.69) is 9.68 Å². The summed E-state index contributed by atoms with van der Waals surface area (Å²) in [5.41, 5.74) is 0.712. The molecule has 1 saturated heterocycles. The minimum Gasteiger partial charge on any atom is -0.508 e. The van der Waals surface area contributed by atoms with Gasteiger partial charge in [-0.05, 0) is 18.2 Å². The zero-order valence-electron chi connectivity index (χ0n) is 11.8. The quantitative estimate of drug-likeness (QED) is 0.893. The van der Waals surface area contributed by atoms with E-state index < -0.39 is 0 Å². The summed E-state index contributed by atoms with van der Waals surface area (Å²) in [5, 5.41) is 13.1. The maximum Gasteiger partial charge on any atom is 0.276 e. The Kier molecular flexibility index (Phi) is 3.78. The first kappa shape index (κ1) is 14.1. The molecule has 0 aliphatic carbocycles. The second kappa shape index (κ2) is 5.88. The smallest absolute Gasteiger partial charge is 0.276 e. The van der Waals surface area contributed by atoms with Crippen LogP contribution in [0.4, 0.5) is 0 Å². The van der Waals surface area contributed by atoms with E-state index in [4.69, 9.17) is 0 Å². The molecule has 1 aliphatic rings. The van der Waals surface area contributed by atoms with Gasteiger partial charge in [-0.25, -0.2) is 0 Å². The first-order valence-corrected chi connectivity index (χ1v) is 6.93. The molecule has 1 fully saturated rings. The van der Waals surface area contributed by atoms with Crippen LogP contribution in [0.1, 0.15) is 20.8 Å². The second-order valence-corrected chi connectivity index (χ2v) is 5.02.